The van der Waals surface area contributed by atoms with Gasteiger partial charge in [-0.15, -0.1) is 11.3 Å². The van der Waals surface area contributed by atoms with E-state index in [1.807, 2.05) is 30.5 Å². The summed E-state index contributed by atoms with van der Waals surface area (Å²) in [7, 11) is 0. The normalized spacial score (nSPS) is 18.6. The van der Waals surface area contributed by atoms with Crippen LogP contribution in [0.5, 0.6) is 5.75 Å². The first-order chi connectivity index (χ1) is 8.24. The molecule has 1 unspecified atom stereocenters. The predicted octanol–water partition coefficient (Wildman–Crippen LogP) is 3.16. The Morgan fingerprint density at radius 1 is 1.41 bits per heavy atom. The lowest BCUT2D eigenvalue weighted by atomic mass is 10.0. The number of thiazole rings is 1. The van der Waals surface area contributed by atoms with Crippen LogP contribution in [0.25, 0.3) is 0 Å². The summed E-state index contributed by atoms with van der Waals surface area (Å²) in [5, 5.41) is 2.86. The molecule has 1 aromatic carbocycles. The van der Waals surface area contributed by atoms with Crippen molar-refractivity contribution in [2.24, 2.45) is 0 Å². The molecule has 0 spiro atoms. The molecule has 0 radical (unpaired) electrons. The van der Waals surface area contributed by atoms with E-state index in [2.05, 4.69) is 4.98 Å². The van der Waals surface area contributed by atoms with Gasteiger partial charge in [0, 0.05) is 11.1 Å². The number of carbonyl (C=O) groups is 1. The van der Waals surface area contributed by atoms with Crippen LogP contribution >= 0.6 is 11.3 Å². The Bertz CT molecular complexity index is 576. The molecule has 4 heteroatoms. The number of fused-ring (bicyclic) bond motifs is 1. The highest BCUT2D eigenvalue weighted by Gasteiger charge is 2.28. The zero-order valence-electron chi connectivity index (χ0n) is 9.34. The number of ketones is 1. The highest BCUT2D eigenvalue weighted by molar-refractivity contribution is 7.09. The van der Waals surface area contributed by atoms with Crippen molar-refractivity contribution < 1.29 is 9.53 Å². The van der Waals surface area contributed by atoms with Crippen molar-refractivity contribution in [2.75, 3.05) is 0 Å². The van der Waals surface area contributed by atoms with E-state index in [1.165, 1.54) is 0 Å². The first kappa shape index (κ1) is 10.5. The number of para-hydroxylation sites is 1. The van der Waals surface area contributed by atoms with Crippen molar-refractivity contribution in [3.05, 3.63) is 45.9 Å². The molecule has 1 aromatic heterocycles. The van der Waals surface area contributed by atoms with E-state index in [0.29, 0.717) is 17.7 Å². The summed E-state index contributed by atoms with van der Waals surface area (Å²) in [6.07, 6.45) is 0.153. The van der Waals surface area contributed by atoms with Crippen molar-refractivity contribution in [3.63, 3.8) is 0 Å². The lowest BCUT2D eigenvalue weighted by molar-refractivity contribution is 0.0849. The average Bonchev–Trinajstić information content (AvgIpc) is 2.76. The van der Waals surface area contributed by atoms with Gasteiger partial charge in [0.15, 0.2) is 11.9 Å². The summed E-state index contributed by atoms with van der Waals surface area (Å²) in [6.45, 7) is 1.94. The summed E-state index contributed by atoms with van der Waals surface area (Å²) in [5.41, 5.74) is 1.65. The Labute approximate surface area is 103 Å². The molecule has 17 heavy (non-hydrogen) atoms. The number of carbonyl (C=O) groups excluding carboxylic acids is 1. The number of benzene rings is 1. The standard InChI is InChI=1S/C13H11NO2S/c1-8-7-17-13(14-8)12-6-10(15)9-4-2-3-5-11(9)16-12/h2-5,7,12H,6H2,1H3. The zero-order chi connectivity index (χ0) is 11.8. The zero-order valence-corrected chi connectivity index (χ0v) is 10.2. The van der Waals surface area contributed by atoms with Crippen molar-refractivity contribution in [1.82, 2.24) is 4.98 Å². The number of nitrogens with zero attached hydrogens (tertiary/aromatic N) is 1. The van der Waals surface area contributed by atoms with E-state index in [0.717, 1.165) is 10.7 Å². The summed E-state index contributed by atoms with van der Waals surface area (Å²) in [5.74, 6) is 0.798. The fourth-order valence-corrected chi connectivity index (χ4v) is 2.75. The minimum atomic E-state index is -0.226. The lowest BCUT2D eigenvalue weighted by Gasteiger charge is -2.23. The van der Waals surface area contributed by atoms with Crippen LogP contribution in [0.3, 0.4) is 0 Å². The van der Waals surface area contributed by atoms with Gasteiger partial charge < -0.3 is 4.74 Å². The highest BCUT2D eigenvalue weighted by Crippen LogP contribution is 2.35. The quantitative estimate of drug-likeness (QED) is 0.774. The molecule has 86 valence electrons. The monoisotopic (exact) mass is 245 g/mol. The minimum Gasteiger partial charge on any atom is -0.482 e. The van der Waals surface area contributed by atoms with Crippen LogP contribution in [0, 0.1) is 6.92 Å². The van der Waals surface area contributed by atoms with Gasteiger partial charge in [-0.3, -0.25) is 4.79 Å². The summed E-state index contributed by atoms with van der Waals surface area (Å²) < 4.78 is 5.83. The van der Waals surface area contributed by atoms with Crippen molar-refractivity contribution in [2.45, 2.75) is 19.4 Å². The molecule has 0 fully saturated rings. The van der Waals surface area contributed by atoms with E-state index in [9.17, 15) is 4.79 Å². The van der Waals surface area contributed by atoms with Gasteiger partial charge in [-0.25, -0.2) is 4.98 Å². The second-order valence-electron chi connectivity index (χ2n) is 4.06. The number of aromatic nitrogens is 1. The fraction of sp³-hybridized carbons (Fsp3) is 0.231. The Balaban J connectivity index is 1.96. The minimum absolute atomic E-state index is 0.129. The van der Waals surface area contributed by atoms with E-state index < -0.39 is 0 Å². The molecular formula is C13H11NO2S. The number of Topliss-reactive ketones (excluding diaryl/α,β-unsaturated/α-hetero) is 1. The molecule has 0 saturated heterocycles. The highest BCUT2D eigenvalue weighted by atomic mass is 32.1. The Hall–Kier alpha value is -1.68. The summed E-state index contributed by atoms with van der Waals surface area (Å²) >= 11 is 1.54. The fourth-order valence-electron chi connectivity index (χ4n) is 1.93. The third-order valence-electron chi connectivity index (χ3n) is 2.74. The van der Waals surface area contributed by atoms with Crippen LogP contribution in [0.4, 0.5) is 0 Å². The first-order valence-electron chi connectivity index (χ1n) is 5.45. The molecule has 0 saturated carbocycles. The van der Waals surface area contributed by atoms with Crippen molar-refractivity contribution in [3.8, 4) is 5.75 Å². The molecule has 0 bridgehead atoms. The second kappa shape index (κ2) is 3.96. The molecule has 3 rings (SSSR count). The molecule has 2 aromatic rings. The van der Waals surface area contributed by atoms with Crippen LogP contribution in [0.2, 0.25) is 0 Å². The van der Waals surface area contributed by atoms with Crippen LogP contribution in [0.15, 0.2) is 29.6 Å². The molecule has 3 nitrogen and oxygen atoms in total. The Morgan fingerprint density at radius 2 is 2.24 bits per heavy atom. The average molecular weight is 245 g/mol. The molecule has 2 heterocycles. The van der Waals surface area contributed by atoms with Gasteiger partial charge in [-0.1, -0.05) is 12.1 Å². The number of hydrogen-bond donors (Lipinski definition) is 0. The summed E-state index contributed by atoms with van der Waals surface area (Å²) in [6, 6.07) is 7.37. The topological polar surface area (TPSA) is 39.2 Å². The van der Waals surface area contributed by atoms with Crippen LogP contribution in [-0.2, 0) is 0 Å². The molecule has 1 atom stereocenters. The first-order valence-corrected chi connectivity index (χ1v) is 6.33. The molecular weight excluding hydrogens is 234 g/mol. The van der Waals surface area contributed by atoms with Gasteiger partial charge in [-0.05, 0) is 19.1 Å². The predicted molar refractivity (Wildman–Crippen MR) is 65.6 cm³/mol. The van der Waals surface area contributed by atoms with E-state index >= 15 is 0 Å². The SMILES string of the molecule is Cc1csc(C2CC(=O)c3ccccc3O2)n1. The van der Waals surface area contributed by atoms with Crippen molar-refractivity contribution >= 4 is 17.1 Å². The maximum absolute atomic E-state index is 12.0. The lowest BCUT2D eigenvalue weighted by Crippen LogP contribution is -2.20. The van der Waals surface area contributed by atoms with Crippen LogP contribution in [0.1, 0.15) is 33.6 Å². The van der Waals surface area contributed by atoms with Gasteiger partial charge in [-0.2, -0.15) is 0 Å². The Kier molecular flexibility index (Phi) is 2.44. The van der Waals surface area contributed by atoms with Crippen molar-refractivity contribution in [1.29, 1.82) is 0 Å². The van der Waals surface area contributed by atoms with E-state index in [-0.39, 0.29) is 11.9 Å². The summed E-state index contributed by atoms with van der Waals surface area (Å²) in [4.78, 5) is 16.4. The third kappa shape index (κ3) is 1.85. The number of hydrogen-bond acceptors (Lipinski definition) is 4. The Morgan fingerprint density at radius 3 is 3.00 bits per heavy atom. The molecule has 0 amide bonds. The molecule has 0 N–H and O–H groups in total. The maximum atomic E-state index is 12.0. The largest absolute Gasteiger partial charge is 0.482 e. The van der Waals surface area contributed by atoms with Gasteiger partial charge in [0.05, 0.1) is 12.0 Å². The molecule has 1 aliphatic rings. The second-order valence-corrected chi connectivity index (χ2v) is 4.95. The number of ether oxygens (including phenoxy) is 1. The van der Waals surface area contributed by atoms with Gasteiger partial charge in [0.1, 0.15) is 10.8 Å². The van der Waals surface area contributed by atoms with Gasteiger partial charge >= 0.3 is 0 Å². The van der Waals surface area contributed by atoms with Gasteiger partial charge in [0.2, 0.25) is 0 Å². The third-order valence-corrected chi connectivity index (χ3v) is 3.79. The van der Waals surface area contributed by atoms with E-state index in [4.69, 9.17) is 4.74 Å². The maximum Gasteiger partial charge on any atom is 0.170 e. The number of aryl methyl sites for hydroxylation is 1. The molecule has 0 aliphatic carbocycles. The van der Waals surface area contributed by atoms with E-state index in [1.54, 1.807) is 17.4 Å². The number of rotatable bonds is 1. The van der Waals surface area contributed by atoms with Crippen LogP contribution < -0.4 is 4.74 Å². The molecule has 1 aliphatic heterocycles. The smallest absolute Gasteiger partial charge is 0.170 e. The van der Waals surface area contributed by atoms with Crippen LogP contribution in [-0.4, -0.2) is 10.8 Å². The van der Waals surface area contributed by atoms with Gasteiger partial charge in [0.25, 0.3) is 0 Å².